The van der Waals surface area contributed by atoms with Crippen LogP contribution in [0.2, 0.25) is 0 Å². The Hall–Kier alpha value is -1.34. The van der Waals surface area contributed by atoms with Crippen LogP contribution in [0.4, 0.5) is 0 Å². The summed E-state index contributed by atoms with van der Waals surface area (Å²) in [6.45, 7) is 2.24. The molecule has 1 nitrogen and oxygen atoms in total. The molecular formula is C17H21N. The summed E-state index contributed by atoms with van der Waals surface area (Å²) in [6.07, 6.45) is 4.13. The Bertz CT molecular complexity index is 555. The van der Waals surface area contributed by atoms with Gasteiger partial charge in [-0.15, -0.1) is 0 Å². The van der Waals surface area contributed by atoms with E-state index in [1.807, 2.05) is 0 Å². The van der Waals surface area contributed by atoms with E-state index in [4.69, 9.17) is 0 Å². The van der Waals surface area contributed by atoms with Crippen LogP contribution in [0.5, 0.6) is 0 Å². The second-order valence-electron chi connectivity index (χ2n) is 5.47. The number of hydrogen-bond donors (Lipinski definition) is 1. The van der Waals surface area contributed by atoms with Gasteiger partial charge in [-0.1, -0.05) is 42.8 Å². The highest BCUT2D eigenvalue weighted by Crippen LogP contribution is 2.40. The summed E-state index contributed by atoms with van der Waals surface area (Å²) in [7, 11) is 2.10. The summed E-state index contributed by atoms with van der Waals surface area (Å²) >= 11 is 0. The molecule has 0 spiro atoms. The van der Waals surface area contributed by atoms with Crippen LogP contribution >= 0.6 is 0 Å². The normalized spacial score (nSPS) is 17.7. The van der Waals surface area contributed by atoms with Gasteiger partial charge in [0.2, 0.25) is 0 Å². The third-order valence-corrected chi connectivity index (χ3v) is 4.43. The molecule has 0 radical (unpaired) electrons. The molecule has 18 heavy (non-hydrogen) atoms. The van der Waals surface area contributed by atoms with Crippen LogP contribution in [-0.2, 0) is 0 Å². The zero-order chi connectivity index (χ0) is 12.5. The zero-order valence-corrected chi connectivity index (χ0v) is 11.2. The van der Waals surface area contributed by atoms with Crippen molar-refractivity contribution in [3.8, 4) is 0 Å². The summed E-state index contributed by atoms with van der Waals surface area (Å²) in [5, 5.41) is 6.33. The summed E-state index contributed by atoms with van der Waals surface area (Å²) in [4.78, 5) is 0. The number of hydrogen-bond acceptors (Lipinski definition) is 1. The molecule has 1 saturated carbocycles. The van der Waals surface area contributed by atoms with Crippen LogP contribution in [0, 0.1) is 12.8 Å². The van der Waals surface area contributed by atoms with E-state index in [9.17, 15) is 0 Å². The Labute approximate surface area is 109 Å². The zero-order valence-electron chi connectivity index (χ0n) is 11.2. The number of nitrogens with one attached hydrogen (secondary N) is 1. The molecular weight excluding hydrogens is 218 g/mol. The van der Waals surface area contributed by atoms with Gasteiger partial charge in [-0.3, -0.25) is 0 Å². The first-order valence-corrected chi connectivity index (χ1v) is 6.97. The van der Waals surface area contributed by atoms with Crippen molar-refractivity contribution in [2.75, 3.05) is 7.05 Å². The summed E-state index contributed by atoms with van der Waals surface area (Å²) in [5.74, 6) is 0.819. The van der Waals surface area contributed by atoms with E-state index in [1.54, 1.807) is 0 Å². The van der Waals surface area contributed by atoms with Crippen molar-refractivity contribution in [2.45, 2.75) is 32.2 Å². The smallest absolute Gasteiger partial charge is 0.0354 e. The van der Waals surface area contributed by atoms with Gasteiger partial charge in [0.15, 0.2) is 0 Å². The van der Waals surface area contributed by atoms with Crippen molar-refractivity contribution >= 4 is 10.8 Å². The molecule has 1 heteroatoms. The molecule has 1 N–H and O–H groups in total. The molecule has 1 aliphatic rings. The molecule has 3 rings (SSSR count). The van der Waals surface area contributed by atoms with Gasteiger partial charge in [0.25, 0.3) is 0 Å². The molecule has 1 unspecified atom stereocenters. The van der Waals surface area contributed by atoms with Gasteiger partial charge >= 0.3 is 0 Å². The largest absolute Gasteiger partial charge is 0.313 e. The second kappa shape index (κ2) is 4.74. The molecule has 0 bridgehead atoms. The van der Waals surface area contributed by atoms with Crippen molar-refractivity contribution < 1.29 is 0 Å². The van der Waals surface area contributed by atoms with Gasteiger partial charge in [0.05, 0.1) is 0 Å². The van der Waals surface area contributed by atoms with Crippen molar-refractivity contribution in [1.29, 1.82) is 0 Å². The van der Waals surface area contributed by atoms with Gasteiger partial charge < -0.3 is 5.32 Å². The fourth-order valence-corrected chi connectivity index (χ4v) is 3.21. The Balaban J connectivity index is 2.16. The van der Waals surface area contributed by atoms with Crippen molar-refractivity contribution in [3.05, 3.63) is 47.5 Å². The fraction of sp³-hybridized carbons (Fsp3) is 0.412. The average molecular weight is 239 g/mol. The number of rotatable bonds is 3. The highest BCUT2D eigenvalue weighted by Gasteiger charge is 2.29. The van der Waals surface area contributed by atoms with E-state index in [-0.39, 0.29) is 0 Å². The van der Waals surface area contributed by atoms with Gasteiger partial charge in [-0.05, 0) is 54.6 Å². The van der Waals surface area contributed by atoms with Gasteiger partial charge in [0, 0.05) is 6.04 Å². The molecule has 1 atom stereocenters. The Morgan fingerprint density at radius 3 is 2.56 bits per heavy atom. The first kappa shape index (κ1) is 11.7. The maximum absolute atomic E-state index is 3.55. The summed E-state index contributed by atoms with van der Waals surface area (Å²) in [6, 6.07) is 13.8. The molecule has 0 aliphatic heterocycles. The van der Waals surface area contributed by atoms with Crippen molar-refractivity contribution in [1.82, 2.24) is 5.32 Å². The van der Waals surface area contributed by atoms with Crippen LogP contribution < -0.4 is 5.32 Å². The molecule has 1 aliphatic carbocycles. The number of benzene rings is 2. The molecule has 0 saturated heterocycles. The monoisotopic (exact) mass is 239 g/mol. The molecule has 0 amide bonds. The lowest BCUT2D eigenvalue weighted by atomic mass is 9.75. The van der Waals surface area contributed by atoms with E-state index >= 15 is 0 Å². The molecule has 2 aromatic rings. The standard InChI is InChI=1S/C17H21N/c1-12-10-11-13-6-3-4-9-15(13)16(12)17(18-2)14-7-5-8-14/h3-4,6,9-11,14,17-18H,5,7-8H2,1-2H3. The van der Waals surface area contributed by atoms with E-state index in [0.717, 1.165) is 5.92 Å². The first-order chi connectivity index (χ1) is 8.81. The quantitative estimate of drug-likeness (QED) is 0.846. The minimum absolute atomic E-state index is 0.518. The molecule has 2 aromatic carbocycles. The van der Waals surface area contributed by atoms with Crippen molar-refractivity contribution in [3.63, 3.8) is 0 Å². The first-order valence-electron chi connectivity index (χ1n) is 6.97. The highest BCUT2D eigenvalue weighted by molar-refractivity contribution is 5.87. The Kier molecular flexibility index (Phi) is 3.09. The lowest BCUT2D eigenvalue weighted by Crippen LogP contribution is -2.30. The van der Waals surface area contributed by atoms with Crippen LogP contribution in [0.25, 0.3) is 10.8 Å². The van der Waals surface area contributed by atoms with E-state index < -0.39 is 0 Å². The van der Waals surface area contributed by atoms with E-state index in [1.165, 1.54) is 41.2 Å². The second-order valence-corrected chi connectivity index (χ2v) is 5.47. The Morgan fingerprint density at radius 1 is 1.11 bits per heavy atom. The lowest BCUT2D eigenvalue weighted by molar-refractivity contribution is 0.240. The van der Waals surface area contributed by atoms with Crippen LogP contribution in [0.1, 0.15) is 36.4 Å². The van der Waals surface area contributed by atoms with Gasteiger partial charge in [0.1, 0.15) is 0 Å². The maximum Gasteiger partial charge on any atom is 0.0354 e. The van der Waals surface area contributed by atoms with Gasteiger partial charge in [-0.25, -0.2) is 0 Å². The topological polar surface area (TPSA) is 12.0 Å². The van der Waals surface area contributed by atoms with Crippen LogP contribution in [0.3, 0.4) is 0 Å². The predicted molar refractivity (Wildman–Crippen MR) is 77.8 cm³/mol. The van der Waals surface area contributed by atoms with E-state index in [0.29, 0.717) is 6.04 Å². The molecule has 0 aromatic heterocycles. The summed E-state index contributed by atoms with van der Waals surface area (Å²) < 4.78 is 0. The van der Waals surface area contributed by atoms with E-state index in [2.05, 4.69) is 55.7 Å². The predicted octanol–water partition coefficient (Wildman–Crippen LogP) is 4.21. The lowest BCUT2D eigenvalue weighted by Gasteiger charge is -2.35. The van der Waals surface area contributed by atoms with Crippen LogP contribution in [0.15, 0.2) is 36.4 Å². The average Bonchev–Trinajstić information content (AvgIpc) is 2.34. The third-order valence-electron chi connectivity index (χ3n) is 4.43. The number of fused-ring (bicyclic) bond motifs is 1. The minimum Gasteiger partial charge on any atom is -0.313 e. The third kappa shape index (κ3) is 1.83. The highest BCUT2D eigenvalue weighted by atomic mass is 14.9. The fourth-order valence-electron chi connectivity index (χ4n) is 3.21. The number of aryl methyl sites for hydroxylation is 1. The minimum atomic E-state index is 0.518. The molecule has 0 heterocycles. The molecule has 1 fully saturated rings. The van der Waals surface area contributed by atoms with Gasteiger partial charge in [-0.2, -0.15) is 0 Å². The molecule has 94 valence electrons. The maximum atomic E-state index is 3.55. The Morgan fingerprint density at radius 2 is 1.89 bits per heavy atom. The SMILES string of the molecule is CNC(c1c(C)ccc2ccccc12)C1CCC1. The summed E-state index contributed by atoms with van der Waals surface area (Å²) in [5.41, 5.74) is 2.93. The van der Waals surface area contributed by atoms with Crippen molar-refractivity contribution in [2.24, 2.45) is 5.92 Å². The van der Waals surface area contributed by atoms with Crippen LogP contribution in [-0.4, -0.2) is 7.05 Å².